The maximum atomic E-state index is 14.1. The Morgan fingerprint density at radius 3 is 2.20 bits per heavy atom. The maximum absolute atomic E-state index is 14.1. The van der Waals surface area contributed by atoms with E-state index >= 15 is 0 Å². The predicted molar refractivity (Wildman–Crippen MR) is 198 cm³/mol. The van der Waals surface area contributed by atoms with Crippen LogP contribution in [0.2, 0.25) is 0 Å². The zero-order valence-corrected chi connectivity index (χ0v) is 32.4. The molecule has 1 aromatic carbocycles. The summed E-state index contributed by atoms with van der Waals surface area (Å²) in [6, 6.07) is 6.87. The summed E-state index contributed by atoms with van der Waals surface area (Å²) in [5.74, 6) is -2.47. The van der Waals surface area contributed by atoms with Crippen LogP contribution in [0.4, 0.5) is 0 Å². The van der Waals surface area contributed by atoms with Crippen molar-refractivity contribution in [2.75, 3.05) is 27.8 Å². The number of hydrogen-bond donors (Lipinski definition) is 4. The lowest BCUT2D eigenvalue weighted by atomic mass is 9.89. The summed E-state index contributed by atoms with van der Waals surface area (Å²) in [6.45, 7) is 13.4. The Morgan fingerprint density at radius 2 is 1.70 bits per heavy atom. The molecule has 0 bridgehead atoms. The summed E-state index contributed by atoms with van der Waals surface area (Å²) < 4.78 is 11.9. The third kappa shape index (κ3) is 11.4. The Labute approximate surface area is 304 Å². The van der Waals surface area contributed by atoms with E-state index in [4.69, 9.17) is 27.4 Å². The van der Waals surface area contributed by atoms with E-state index in [2.05, 4.69) is 10.6 Å². The van der Waals surface area contributed by atoms with E-state index in [-0.39, 0.29) is 48.5 Å². The topological polar surface area (TPSA) is 164 Å². The molecule has 282 valence electrons. The molecule has 5 N–H and O–H groups in total. The largest absolute Gasteiger partial charge is 0.480 e. The molecule has 0 saturated carbocycles. The zero-order chi connectivity index (χ0) is 37.9. The van der Waals surface area contributed by atoms with Crippen LogP contribution in [-0.2, 0) is 35.1 Å². The van der Waals surface area contributed by atoms with Crippen molar-refractivity contribution in [3.8, 4) is 0 Å². The van der Waals surface area contributed by atoms with E-state index in [0.29, 0.717) is 18.0 Å². The Kier molecular flexibility index (Phi) is 16.8. The number of ether oxygens (including phenoxy) is 2. The second kappa shape index (κ2) is 19.5. The summed E-state index contributed by atoms with van der Waals surface area (Å²) in [7, 11) is 4.82. The van der Waals surface area contributed by atoms with Crippen LogP contribution in [-0.4, -0.2) is 113 Å². The van der Waals surface area contributed by atoms with Gasteiger partial charge in [-0.15, -0.1) is 0 Å². The highest BCUT2D eigenvalue weighted by atomic mass is 32.1. The van der Waals surface area contributed by atoms with E-state index < -0.39 is 47.7 Å². The molecule has 1 heterocycles. The zero-order valence-electron chi connectivity index (χ0n) is 31.6. The number of carbonyl (C=O) groups excluding carboxylic acids is 3. The lowest BCUT2D eigenvalue weighted by molar-refractivity contribution is -0.147. The number of carbonyl (C=O) groups is 4. The molecule has 0 spiro atoms. The summed E-state index contributed by atoms with van der Waals surface area (Å²) in [5.41, 5.74) is 5.73. The van der Waals surface area contributed by atoms with E-state index in [1.165, 1.54) is 0 Å². The molecule has 50 heavy (non-hydrogen) atoms. The van der Waals surface area contributed by atoms with Gasteiger partial charge >= 0.3 is 5.97 Å². The number of benzene rings is 1. The number of aliphatic carboxylic acids is 1. The molecule has 0 aromatic heterocycles. The molecule has 0 radical (unpaired) electrons. The van der Waals surface area contributed by atoms with Crippen LogP contribution in [0.1, 0.15) is 79.7 Å². The average Bonchev–Trinajstić information content (AvgIpc) is 3.55. The van der Waals surface area contributed by atoms with Crippen molar-refractivity contribution >= 4 is 40.9 Å². The van der Waals surface area contributed by atoms with Crippen molar-refractivity contribution in [3.05, 3.63) is 35.9 Å². The SMILES string of the molecule is CCC(C)C(C(CC(=O)N1CCC[C@H]1C(OC)C(C)C(=S)NC(Cc1ccccc1)C(=O)O)OC)N(C)C(=O)C(NC(=O)C(C)(C)N)C(C)C. The summed E-state index contributed by atoms with van der Waals surface area (Å²) in [5, 5.41) is 15.8. The fourth-order valence-corrected chi connectivity index (χ4v) is 7.00. The molecule has 3 amide bonds. The number of methoxy groups -OCH3 is 2. The van der Waals surface area contributed by atoms with Crippen LogP contribution >= 0.6 is 12.2 Å². The second-order valence-corrected chi connectivity index (χ2v) is 15.0. The van der Waals surface area contributed by atoms with Gasteiger partial charge in [-0.25, -0.2) is 4.79 Å². The fraction of sp³-hybridized carbons (Fsp3) is 0.703. The number of likely N-dealkylation sites (N-methyl/N-ethyl adjacent to an activating group) is 1. The van der Waals surface area contributed by atoms with Gasteiger partial charge in [0.15, 0.2) is 0 Å². The van der Waals surface area contributed by atoms with E-state index in [0.717, 1.165) is 18.4 Å². The van der Waals surface area contributed by atoms with Crippen molar-refractivity contribution in [1.82, 2.24) is 20.4 Å². The third-order valence-electron chi connectivity index (χ3n) is 9.96. The van der Waals surface area contributed by atoms with Crippen LogP contribution in [0.25, 0.3) is 0 Å². The number of nitrogens with zero attached hydrogens (tertiary/aromatic N) is 2. The van der Waals surface area contributed by atoms with Crippen LogP contribution < -0.4 is 16.4 Å². The van der Waals surface area contributed by atoms with Crippen molar-refractivity contribution in [2.45, 2.75) is 122 Å². The number of rotatable bonds is 19. The minimum Gasteiger partial charge on any atom is -0.480 e. The first-order chi connectivity index (χ1) is 23.4. The van der Waals surface area contributed by atoms with Crippen molar-refractivity contribution in [2.24, 2.45) is 23.5 Å². The van der Waals surface area contributed by atoms with Gasteiger partial charge in [-0.1, -0.05) is 83.6 Å². The molecule has 8 atom stereocenters. The van der Waals surface area contributed by atoms with Crippen LogP contribution in [0.3, 0.4) is 0 Å². The fourth-order valence-electron chi connectivity index (χ4n) is 6.72. The predicted octanol–water partition coefficient (Wildman–Crippen LogP) is 3.40. The lowest BCUT2D eigenvalue weighted by Gasteiger charge is -2.41. The Bertz CT molecular complexity index is 1290. The highest BCUT2D eigenvalue weighted by Gasteiger charge is 2.43. The lowest BCUT2D eigenvalue weighted by Crippen LogP contribution is -2.60. The first-order valence-electron chi connectivity index (χ1n) is 17.7. The summed E-state index contributed by atoms with van der Waals surface area (Å²) >= 11 is 5.73. The molecule has 12 nitrogen and oxygen atoms in total. The van der Waals surface area contributed by atoms with E-state index in [1.807, 2.05) is 69.9 Å². The molecule has 13 heteroatoms. The highest BCUT2D eigenvalue weighted by molar-refractivity contribution is 7.80. The number of nitrogens with two attached hydrogens (primary N) is 1. The number of nitrogens with one attached hydrogen (secondary N) is 2. The van der Waals surface area contributed by atoms with Gasteiger partial charge in [0.05, 0.1) is 41.2 Å². The van der Waals surface area contributed by atoms with Gasteiger partial charge < -0.3 is 40.7 Å². The first-order valence-corrected chi connectivity index (χ1v) is 18.1. The second-order valence-electron chi connectivity index (χ2n) is 14.6. The van der Waals surface area contributed by atoms with E-state index in [1.54, 1.807) is 40.0 Å². The highest BCUT2D eigenvalue weighted by Crippen LogP contribution is 2.30. The monoisotopic (exact) mass is 719 g/mol. The minimum atomic E-state index is -1.16. The number of carboxylic acid groups (broad SMARTS) is 1. The number of likely N-dealkylation sites (tertiary alicyclic amines) is 1. The van der Waals surface area contributed by atoms with E-state index in [9.17, 15) is 24.3 Å². The number of thiocarbonyl (C=S) groups is 1. The minimum absolute atomic E-state index is 0.0276. The number of carboxylic acids is 1. The molecule has 1 saturated heterocycles. The van der Waals surface area contributed by atoms with Gasteiger partial charge in [-0.05, 0) is 44.1 Å². The number of hydrogen-bond acceptors (Lipinski definition) is 8. The van der Waals surface area contributed by atoms with Gasteiger partial charge in [-0.2, -0.15) is 0 Å². The standard InChI is InChI=1S/C37H61N5O7S/c1-11-23(4)31(41(8)34(44)30(22(2)3)40-36(47)37(6,7)38)28(48-9)21-29(43)42-19-15-18-27(42)32(49-10)24(5)33(50)39-26(35(45)46)20-25-16-13-12-14-17-25/h12-14,16-17,22-24,26-28,30-32H,11,15,18-21,38H2,1-10H3,(H,39,50)(H,40,47)(H,45,46)/t23?,24?,26?,27-,28?,30?,31?,32?/m0/s1. The van der Waals surface area contributed by atoms with Crippen LogP contribution in [0.5, 0.6) is 0 Å². The molecule has 1 aliphatic heterocycles. The number of amides is 3. The van der Waals surface area contributed by atoms with Gasteiger partial charge in [0.25, 0.3) is 0 Å². The molecular weight excluding hydrogens is 659 g/mol. The third-order valence-corrected chi connectivity index (χ3v) is 10.5. The molecule has 2 rings (SSSR count). The van der Waals surface area contributed by atoms with Crippen molar-refractivity contribution in [1.29, 1.82) is 0 Å². The summed E-state index contributed by atoms with van der Waals surface area (Å²) in [6.07, 6.45) is 1.38. The first kappa shape index (κ1) is 43.0. The van der Waals surface area contributed by atoms with Gasteiger partial charge in [0.2, 0.25) is 17.7 Å². The van der Waals surface area contributed by atoms with Gasteiger partial charge in [0.1, 0.15) is 12.1 Å². The quantitative estimate of drug-likeness (QED) is 0.156. The van der Waals surface area contributed by atoms with Gasteiger partial charge in [0, 0.05) is 40.2 Å². The van der Waals surface area contributed by atoms with Crippen molar-refractivity contribution < 1.29 is 33.8 Å². The Balaban J connectivity index is 2.26. The molecule has 1 fully saturated rings. The average molecular weight is 720 g/mol. The molecule has 1 aromatic rings. The van der Waals surface area contributed by atoms with Gasteiger partial charge in [-0.3, -0.25) is 14.4 Å². The van der Waals surface area contributed by atoms with Crippen LogP contribution in [0.15, 0.2) is 30.3 Å². The smallest absolute Gasteiger partial charge is 0.326 e. The Hall–Kier alpha value is -3.13. The summed E-state index contributed by atoms with van der Waals surface area (Å²) in [4.78, 5) is 56.8. The van der Waals surface area contributed by atoms with Crippen molar-refractivity contribution in [3.63, 3.8) is 0 Å². The Morgan fingerprint density at radius 1 is 1.08 bits per heavy atom. The molecular formula is C37H61N5O7S. The molecule has 0 aliphatic carbocycles. The van der Waals surface area contributed by atoms with Crippen LogP contribution in [0, 0.1) is 17.8 Å². The normalized spacial score (nSPS) is 19.1. The molecule has 1 aliphatic rings. The molecule has 7 unspecified atom stereocenters. The maximum Gasteiger partial charge on any atom is 0.326 e.